The molecule has 0 aliphatic carbocycles. The van der Waals surface area contributed by atoms with Crippen molar-refractivity contribution in [3.05, 3.63) is 106 Å². The topological polar surface area (TPSA) is 88.0 Å². The van der Waals surface area contributed by atoms with Crippen LogP contribution in [-0.4, -0.2) is 16.8 Å². The molecule has 0 radical (unpaired) electrons. The number of carbonyl (C=O) groups is 1. The molecule has 0 heterocycles. The first kappa shape index (κ1) is 18.3. The van der Waals surface area contributed by atoms with Crippen LogP contribution in [0.2, 0.25) is 0 Å². The van der Waals surface area contributed by atoms with Crippen molar-refractivity contribution in [3.63, 3.8) is 0 Å². The van der Waals surface area contributed by atoms with Crippen molar-refractivity contribution in [1.82, 2.24) is 5.43 Å². The van der Waals surface area contributed by atoms with Crippen molar-refractivity contribution >= 4 is 17.3 Å². The molecule has 0 fully saturated rings. The maximum absolute atomic E-state index is 12.4. The Labute approximate surface area is 156 Å². The fourth-order valence-corrected chi connectivity index (χ4v) is 2.54. The van der Waals surface area contributed by atoms with Gasteiger partial charge in [0.1, 0.15) is 0 Å². The molecule has 0 aliphatic rings. The molecular formula is C21H18N3O3-. The second kappa shape index (κ2) is 8.27. The van der Waals surface area contributed by atoms with E-state index in [1.165, 1.54) is 24.3 Å². The first-order valence-corrected chi connectivity index (χ1v) is 8.31. The fraction of sp³-hybridized carbons (Fsp3) is 0.0476. The fourth-order valence-electron chi connectivity index (χ4n) is 2.54. The van der Waals surface area contributed by atoms with Crippen molar-refractivity contribution in [2.75, 3.05) is 5.23 Å². The zero-order chi connectivity index (χ0) is 19.2. The molecule has 3 rings (SSSR count). The lowest BCUT2D eigenvalue weighted by atomic mass is 10.0. The van der Waals surface area contributed by atoms with Gasteiger partial charge in [0.05, 0.1) is 11.4 Å². The van der Waals surface area contributed by atoms with E-state index in [4.69, 9.17) is 5.21 Å². The molecule has 0 spiro atoms. The van der Waals surface area contributed by atoms with Gasteiger partial charge in [-0.1, -0.05) is 66.2 Å². The monoisotopic (exact) mass is 360 g/mol. The van der Waals surface area contributed by atoms with Gasteiger partial charge in [-0.25, -0.2) is 5.43 Å². The molecule has 0 saturated carbocycles. The Morgan fingerprint density at radius 2 is 1.56 bits per heavy atom. The predicted octanol–water partition coefficient (Wildman–Crippen LogP) is 3.87. The standard InChI is InChI=1S/C21H18N3O3/c1-15-10-12-17(13-11-15)20(16-6-3-2-4-7-16)22-23-21(25)18-8-5-9-19(14-18)24(26)27/h2-14,26H,1H3,(H,23,25)/q-1. The molecule has 1 amide bonds. The zero-order valence-corrected chi connectivity index (χ0v) is 14.7. The number of nitrogens with zero attached hydrogens (tertiary/aromatic N) is 2. The molecule has 0 unspecified atom stereocenters. The number of hydrazone groups is 1. The third kappa shape index (κ3) is 4.58. The normalized spacial score (nSPS) is 11.1. The number of anilines is 1. The summed E-state index contributed by atoms with van der Waals surface area (Å²) in [5.74, 6) is -0.487. The molecule has 3 aromatic carbocycles. The molecule has 6 nitrogen and oxygen atoms in total. The highest BCUT2D eigenvalue weighted by atomic mass is 16.8. The lowest BCUT2D eigenvalue weighted by molar-refractivity contribution is 0.0955. The number of carbonyl (C=O) groups excluding carboxylic acids is 1. The first-order valence-electron chi connectivity index (χ1n) is 8.31. The van der Waals surface area contributed by atoms with Gasteiger partial charge in [0.25, 0.3) is 5.91 Å². The summed E-state index contributed by atoms with van der Waals surface area (Å²) in [6.07, 6.45) is 0. The van der Waals surface area contributed by atoms with E-state index in [0.29, 0.717) is 5.71 Å². The zero-order valence-electron chi connectivity index (χ0n) is 14.7. The van der Waals surface area contributed by atoms with Gasteiger partial charge in [-0.3, -0.25) is 10.0 Å². The van der Waals surface area contributed by atoms with E-state index in [9.17, 15) is 10.0 Å². The number of aryl methyl sites for hydroxylation is 1. The van der Waals surface area contributed by atoms with Crippen LogP contribution < -0.4 is 10.7 Å². The van der Waals surface area contributed by atoms with Gasteiger partial charge in [-0.05, 0) is 25.1 Å². The quantitative estimate of drug-likeness (QED) is 0.534. The minimum Gasteiger partial charge on any atom is -0.733 e. The highest BCUT2D eigenvalue weighted by Crippen LogP contribution is 2.15. The van der Waals surface area contributed by atoms with E-state index in [-0.39, 0.29) is 16.5 Å². The van der Waals surface area contributed by atoms with E-state index in [2.05, 4.69) is 10.5 Å². The van der Waals surface area contributed by atoms with Gasteiger partial charge < -0.3 is 10.4 Å². The molecule has 6 heteroatoms. The summed E-state index contributed by atoms with van der Waals surface area (Å²) >= 11 is 0. The molecule has 0 aliphatic heterocycles. The summed E-state index contributed by atoms with van der Waals surface area (Å²) in [7, 11) is 0. The summed E-state index contributed by atoms with van der Waals surface area (Å²) in [5.41, 5.74) is 6.16. The molecule has 136 valence electrons. The summed E-state index contributed by atoms with van der Waals surface area (Å²) in [6.45, 7) is 2.00. The molecule has 0 bridgehead atoms. The minimum atomic E-state index is -0.487. The van der Waals surface area contributed by atoms with Crippen molar-refractivity contribution < 1.29 is 10.0 Å². The van der Waals surface area contributed by atoms with E-state index in [1.54, 1.807) is 0 Å². The summed E-state index contributed by atoms with van der Waals surface area (Å²) < 4.78 is 0. The highest BCUT2D eigenvalue weighted by Gasteiger charge is 2.10. The third-order valence-electron chi connectivity index (χ3n) is 3.97. The van der Waals surface area contributed by atoms with Gasteiger partial charge in [-0.2, -0.15) is 5.10 Å². The minimum absolute atomic E-state index is 0.0338. The van der Waals surface area contributed by atoms with Crippen LogP contribution in [0.4, 0.5) is 5.69 Å². The van der Waals surface area contributed by atoms with Crippen LogP contribution in [0.15, 0.2) is 84.0 Å². The smallest absolute Gasteiger partial charge is 0.271 e. The summed E-state index contributed by atoms with van der Waals surface area (Å²) in [5, 5.41) is 24.0. The number of benzene rings is 3. The third-order valence-corrected chi connectivity index (χ3v) is 3.97. The van der Waals surface area contributed by atoms with Crippen LogP contribution in [0.1, 0.15) is 27.0 Å². The second-order valence-electron chi connectivity index (χ2n) is 5.96. The maximum atomic E-state index is 12.4. The highest BCUT2D eigenvalue weighted by molar-refractivity contribution is 6.13. The lowest BCUT2D eigenvalue weighted by Gasteiger charge is -2.21. The predicted molar refractivity (Wildman–Crippen MR) is 105 cm³/mol. The van der Waals surface area contributed by atoms with Crippen molar-refractivity contribution in [1.29, 1.82) is 0 Å². The van der Waals surface area contributed by atoms with Crippen LogP contribution in [-0.2, 0) is 0 Å². The van der Waals surface area contributed by atoms with E-state index >= 15 is 0 Å². The number of hydrogen-bond donors (Lipinski definition) is 2. The van der Waals surface area contributed by atoms with E-state index in [0.717, 1.165) is 16.7 Å². The van der Waals surface area contributed by atoms with Crippen LogP contribution in [0.5, 0.6) is 0 Å². The van der Waals surface area contributed by atoms with E-state index < -0.39 is 5.91 Å². The van der Waals surface area contributed by atoms with Gasteiger partial charge >= 0.3 is 0 Å². The number of hydrogen-bond acceptors (Lipinski definition) is 5. The van der Waals surface area contributed by atoms with Crippen molar-refractivity contribution in [2.24, 2.45) is 5.10 Å². The Morgan fingerprint density at radius 1 is 0.926 bits per heavy atom. The Balaban J connectivity index is 1.91. The first-order chi connectivity index (χ1) is 13.0. The Kier molecular flexibility index (Phi) is 5.61. The van der Waals surface area contributed by atoms with Crippen molar-refractivity contribution in [2.45, 2.75) is 6.92 Å². The molecule has 27 heavy (non-hydrogen) atoms. The average Bonchev–Trinajstić information content (AvgIpc) is 2.70. The van der Waals surface area contributed by atoms with Gasteiger partial charge in [0.2, 0.25) is 0 Å². The average molecular weight is 360 g/mol. The van der Waals surface area contributed by atoms with Gasteiger partial charge in [0.15, 0.2) is 0 Å². The van der Waals surface area contributed by atoms with E-state index in [1.807, 2.05) is 61.5 Å². The van der Waals surface area contributed by atoms with Crippen LogP contribution in [0.3, 0.4) is 0 Å². The summed E-state index contributed by atoms with van der Waals surface area (Å²) in [4.78, 5) is 12.4. The Bertz CT molecular complexity index is 952. The molecule has 0 saturated heterocycles. The number of rotatable bonds is 5. The number of amides is 1. The van der Waals surface area contributed by atoms with Crippen LogP contribution in [0, 0.1) is 12.1 Å². The SMILES string of the molecule is Cc1ccc(C(=NNC(=O)c2cccc(N([O-])O)c2)c2ccccc2)cc1. The van der Waals surface area contributed by atoms with Gasteiger partial charge in [-0.15, -0.1) is 0 Å². The Hall–Kier alpha value is -3.48. The largest absolute Gasteiger partial charge is 0.733 e. The second-order valence-corrected chi connectivity index (χ2v) is 5.96. The Morgan fingerprint density at radius 3 is 2.22 bits per heavy atom. The van der Waals surface area contributed by atoms with Crippen LogP contribution >= 0.6 is 0 Å². The molecular weight excluding hydrogens is 342 g/mol. The molecule has 3 aromatic rings. The summed E-state index contributed by atoms with van der Waals surface area (Å²) in [6, 6.07) is 23.1. The van der Waals surface area contributed by atoms with Gasteiger partial charge in [0, 0.05) is 16.7 Å². The van der Waals surface area contributed by atoms with Crippen molar-refractivity contribution in [3.8, 4) is 0 Å². The lowest BCUT2D eigenvalue weighted by Crippen LogP contribution is -2.21. The molecule has 0 atom stereocenters. The molecule has 2 N–H and O–H groups in total. The molecule has 0 aromatic heterocycles. The number of nitrogens with one attached hydrogen (secondary N) is 1. The maximum Gasteiger partial charge on any atom is 0.271 e. The van der Waals surface area contributed by atoms with Crippen LogP contribution in [0.25, 0.3) is 0 Å².